The van der Waals surface area contributed by atoms with E-state index in [4.69, 9.17) is 5.73 Å². The number of aryl methyl sites for hydroxylation is 1. The third kappa shape index (κ3) is 3.79. The van der Waals surface area contributed by atoms with Crippen LogP contribution in [0.3, 0.4) is 0 Å². The minimum atomic E-state index is -0.162. The second-order valence-corrected chi connectivity index (χ2v) is 5.88. The molecule has 1 heterocycles. The molecule has 1 unspecified atom stereocenters. The van der Waals surface area contributed by atoms with Gasteiger partial charge in [0.2, 0.25) is 5.91 Å². The Kier molecular flexibility index (Phi) is 4.91. The van der Waals surface area contributed by atoms with Crippen LogP contribution in [-0.2, 0) is 4.79 Å². The van der Waals surface area contributed by atoms with E-state index in [1.165, 1.54) is 0 Å². The van der Waals surface area contributed by atoms with Gasteiger partial charge in [0.25, 0.3) is 0 Å². The fraction of sp³-hybridized carbons (Fsp3) is 0.412. The van der Waals surface area contributed by atoms with Gasteiger partial charge in [-0.05, 0) is 31.4 Å². The molecule has 1 aromatic carbocycles. The smallest absolute Gasteiger partial charge is 0.228 e. The molecular formula is C17H23N3O. The molecule has 0 fully saturated rings. The van der Waals surface area contributed by atoms with E-state index in [2.05, 4.69) is 24.1 Å². The van der Waals surface area contributed by atoms with E-state index in [0.717, 1.165) is 28.7 Å². The molecule has 0 aliphatic rings. The van der Waals surface area contributed by atoms with Crippen molar-refractivity contribution >= 4 is 22.5 Å². The minimum absolute atomic E-state index is 0.0259. The third-order valence-corrected chi connectivity index (χ3v) is 3.53. The lowest BCUT2D eigenvalue weighted by Gasteiger charge is -2.17. The summed E-state index contributed by atoms with van der Waals surface area (Å²) in [7, 11) is 0. The summed E-state index contributed by atoms with van der Waals surface area (Å²) in [6.45, 7) is 6.50. The molecule has 1 aromatic heterocycles. The second-order valence-electron chi connectivity index (χ2n) is 5.88. The molecule has 2 aromatic rings. The molecule has 0 spiro atoms. The van der Waals surface area contributed by atoms with Crippen LogP contribution in [0.25, 0.3) is 10.9 Å². The first-order valence-corrected chi connectivity index (χ1v) is 7.38. The Morgan fingerprint density at radius 2 is 2.05 bits per heavy atom. The van der Waals surface area contributed by atoms with Gasteiger partial charge in [-0.25, -0.2) is 0 Å². The van der Waals surface area contributed by atoms with Gasteiger partial charge < -0.3 is 11.1 Å². The fourth-order valence-corrected chi connectivity index (χ4v) is 2.46. The van der Waals surface area contributed by atoms with Crippen LogP contribution in [0.2, 0.25) is 0 Å². The van der Waals surface area contributed by atoms with Crippen molar-refractivity contribution in [3.63, 3.8) is 0 Å². The Morgan fingerprint density at radius 1 is 1.29 bits per heavy atom. The van der Waals surface area contributed by atoms with Gasteiger partial charge in [-0.1, -0.05) is 32.0 Å². The topological polar surface area (TPSA) is 68.0 Å². The summed E-state index contributed by atoms with van der Waals surface area (Å²) in [4.78, 5) is 16.9. The van der Waals surface area contributed by atoms with Crippen LogP contribution < -0.4 is 11.1 Å². The number of carbonyl (C=O) groups is 1. The maximum Gasteiger partial charge on any atom is 0.228 e. The normalized spacial score (nSPS) is 12.6. The van der Waals surface area contributed by atoms with Crippen LogP contribution >= 0.6 is 0 Å². The second kappa shape index (κ2) is 6.68. The number of nitrogens with two attached hydrogens (primary N) is 1. The van der Waals surface area contributed by atoms with Gasteiger partial charge in [-0.15, -0.1) is 0 Å². The number of hydrogen-bond acceptors (Lipinski definition) is 3. The van der Waals surface area contributed by atoms with E-state index >= 15 is 0 Å². The van der Waals surface area contributed by atoms with Gasteiger partial charge in [0.15, 0.2) is 0 Å². The Labute approximate surface area is 125 Å². The van der Waals surface area contributed by atoms with Crippen LogP contribution in [0.15, 0.2) is 30.3 Å². The summed E-state index contributed by atoms with van der Waals surface area (Å²) < 4.78 is 0. The molecule has 0 aliphatic heterocycles. The van der Waals surface area contributed by atoms with Crippen LogP contribution in [-0.4, -0.2) is 17.4 Å². The van der Waals surface area contributed by atoms with Gasteiger partial charge in [-0.3, -0.25) is 9.78 Å². The lowest BCUT2D eigenvalue weighted by molar-refractivity contribution is -0.120. The monoisotopic (exact) mass is 285 g/mol. The molecule has 4 heteroatoms. The quantitative estimate of drug-likeness (QED) is 0.887. The van der Waals surface area contributed by atoms with Crippen LogP contribution in [0.1, 0.15) is 26.0 Å². The maximum atomic E-state index is 12.4. The zero-order chi connectivity index (χ0) is 15.4. The lowest BCUT2D eigenvalue weighted by atomic mass is 9.96. The summed E-state index contributed by atoms with van der Waals surface area (Å²) >= 11 is 0. The molecule has 0 radical (unpaired) electrons. The van der Waals surface area contributed by atoms with Gasteiger partial charge in [0.1, 0.15) is 0 Å². The largest absolute Gasteiger partial charge is 0.330 e. The summed E-state index contributed by atoms with van der Waals surface area (Å²) in [5.41, 5.74) is 8.25. The third-order valence-electron chi connectivity index (χ3n) is 3.53. The number of nitrogens with zero attached hydrogens (tertiary/aromatic N) is 1. The number of fused-ring (bicyclic) bond motifs is 1. The molecule has 0 saturated carbocycles. The highest BCUT2D eigenvalue weighted by Crippen LogP contribution is 2.23. The average molecular weight is 285 g/mol. The van der Waals surface area contributed by atoms with Crippen molar-refractivity contribution in [1.82, 2.24) is 4.98 Å². The number of benzene rings is 1. The Balaban J connectivity index is 2.26. The van der Waals surface area contributed by atoms with Crippen molar-refractivity contribution in [3.05, 3.63) is 36.0 Å². The molecule has 1 atom stereocenters. The van der Waals surface area contributed by atoms with Gasteiger partial charge in [0.05, 0.1) is 17.1 Å². The highest BCUT2D eigenvalue weighted by molar-refractivity contribution is 6.01. The first-order chi connectivity index (χ1) is 10.0. The summed E-state index contributed by atoms with van der Waals surface area (Å²) in [6.07, 6.45) is 0.791. The summed E-state index contributed by atoms with van der Waals surface area (Å²) in [6, 6.07) is 9.79. The number of para-hydroxylation sites is 1. The standard InChI is InChI=1S/C17H23N3O/c1-11(2)9-14(10-18)17(21)20-15-6-4-5-13-8-7-12(3)19-16(13)15/h4-8,11,14H,9-10,18H2,1-3H3,(H,20,21). The van der Waals surface area contributed by atoms with Crippen molar-refractivity contribution in [2.75, 3.05) is 11.9 Å². The number of pyridine rings is 1. The van der Waals surface area contributed by atoms with Gasteiger partial charge >= 0.3 is 0 Å². The van der Waals surface area contributed by atoms with E-state index in [0.29, 0.717) is 12.5 Å². The van der Waals surface area contributed by atoms with E-state index in [1.54, 1.807) is 0 Å². The molecule has 4 nitrogen and oxygen atoms in total. The van der Waals surface area contributed by atoms with Crippen LogP contribution in [0.4, 0.5) is 5.69 Å². The molecule has 112 valence electrons. The minimum Gasteiger partial charge on any atom is -0.330 e. The van der Waals surface area contributed by atoms with Crippen molar-refractivity contribution in [3.8, 4) is 0 Å². The SMILES string of the molecule is Cc1ccc2cccc(NC(=O)C(CN)CC(C)C)c2n1. The Hall–Kier alpha value is -1.94. The molecule has 0 saturated heterocycles. The molecule has 0 aliphatic carbocycles. The Bertz CT molecular complexity index is 637. The Morgan fingerprint density at radius 3 is 2.71 bits per heavy atom. The number of aromatic nitrogens is 1. The summed E-state index contributed by atoms with van der Waals surface area (Å²) in [5, 5.41) is 4.01. The fourth-order valence-electron chi connectivity index (χ4n) is 2.46. The predicted molar refractivity (Wildman–Crippen MR) is 87.1 cm³/mol. The van der Waals surface area contributed by atoms with Crippen LogP contribution in [0, 0.1) is 18.8 Å². The van der Waals surface area contributed by atoms with Crippen molar-refractivity contribution in [2.45, 2.75) is 27.2 Å². The number of amides is 1. The number of anilines is 1. The van der Waals surface area contributed by atoms with E-state index in [-0.39, 0.29) is 11.8 Å². The number of hydrogen-bond donors (Lipinski definition) is 2. The molecule has 21 heavy (non-hydrogen) atoms. The molecule has 2 rings (SSSR count). The van der Waals surface area contributed by atoms with Gasteiger partial charge in [0, 0.05) is 17.6 Å². The first kappa shape index (κ1) is 15.4. The average Bonchev–Trinajstić information content (AvgIpc) is 2.45. The van der Waals surface area contributed by atoms with E-state index in [9.17, 15) is 4.79 Å². The van der Waals surface area contributed by atoms with Crippen molar-refractivity contribution in [1.29, 1.82) is 0 Å². The summed E-state index contributed by atoms with van der Waals surface area (Å²) in [5.74, 6) is 0.254. The van der Waals surface area contributed by atoms with Crippen LogP contribution in [0.5, 0.6) is 0 Å². The molecule has 3 N–H and O–H groups in total. The maximum absolute atomic E-state index is 12.4. The molecule has 1 amide bonds. The number of nitrogens with one attached hydrogen (secondary N) is 1. The van der Waals surface area contributed by atoms with Crippen molar-refractivity contribution < 1.29 is 4.79 Å². The molecular weight excluding hydrogens is 262 g/mol. The number of rotatable bonds is 5. The van der Waals surface area contributed by atoms with Crippen molar-refractivity contribution in [2.24, 2.45) is 17.6 Å². The predicted octanol–water partition coefficient (Wildman–Crippen LogP) is 3.10. The number of carbonyl (C=O) groups excluding carboxylic acids is 1. The zero-order valence-electron chi connectivity index (χ0n) is 12.9. The highest BCUT2D eigenvalue weighted by atomic mass is 16.1. The first-order valence-electron chi connectivity index (χ1n) is 7.38. The van der Waals surface area contributed by atoms with E-state index < -0.39 is 0 Å². The highest BCUT2D eigenvalue weighted by Gasteiger charge is 2.19. The van der Waals surface area contributed by atoms with Gasteiger partial charge in [-0.2, -0.15) is 0 Å². The zero-order valence-corrected chi connectivity index (χ0v) is 12.9. The molecule has 0 bridgehead atoms. The van der Waals surface area contributed by atoms with E-state index in [1.807, 2.05) is 37.3 Å². The lowest BCUT2D eigenvalue weighted by Crippen LogP contribution is -2.30.